The first-order valence-electron chi connectivity index (χ1n) is 6.45. The molecule has 0 aliphatic carbocycles. The third-order valence-electron chi connectivity index (χ3n) is 2.67. The summed E-state index contributed by atoms with van der Waals surface area (Å²) in [7, 11) is 0. The third kappa shape index (κ3) is 2.76. The van der Waals surface area contributed by atoms with Crippen molar-refractivity contribution in [2.24, 2.45) is 0 Å². The normalized spacial score (nSPS) is 10.5. The second-order valence-corrected chi connectivity index (χ2v) is 4.14. The second-order valence-electron chi connectivity index (χ2n) is 4.14. The van der Waals surface area contributed by atoms with Gasteiger partial charge in [0, 0.05) is 25.1 Å². The number of hydrogen-bond acceptors (Lipinski definition) is 5. The molecule has 0 amide bonds. The summed E-state index contributed by atoms with van der Waals surface area (Å²) in [6, 6.07) is 0. The second kappa shape index (κ2) is 6.14. The number of aryl methyl sites for hydroxylation is 1. The van der Waals surface area contributed by atoms with Gasteiger partial charge in [-0.1, -0.05) is 6.92 Å². The molecule has 0 bridgehead atoms. The first-order valence-corrected chi connectivity index (χ1v) is 6.45. The minimum Gasteiger partial charge on any atom is -0.462 e. The van der Waals surface area contributed by atoms with E-state index in [1.165, 1.54) is 23.3 Å². The van der Waals surface area contributed by atoms with Gasteiger partial charge in [0.15, 0.2) is 0 Å². The number of aromatic nitrogens is 4. The lowest BCUT2D eigenvalue weighted by atomic mass is 10.4. The van der Waals surface area contributed by atoms with E-state index in [1.54, 1.807) is 17.7 Å². The average Bonchev–Trinajstić information content (AvgIpc) is 2.91. The molecule has 0 N–H and O–H groups in total. The third-order valence-corrected chi connectivity index (χ3v) is 2.67. The predicted molar refractivity (Wildman–Crippen MR) is 71.9 cm³/mol. The van der Waals surface area contributed by atoms with E-state index < -0.39 is 5.97 Å². The molecule has 7 nitrogen and oxygen atoms in total. The van der Waals surface area contributed by atoms with E-state index in [1.807, 2.05) is 6.92 Å². The number of carbonyl (C=O) groups is 1. The minimum atomic E-state index is -0.469. The van der Waals surface area contributed by atoms with Crippen LogP contribution in [0.25, 0.3) is 5.82 Å². The SMILES string of the molecule is CCCn1ccnc(-n2cc(C(=O)OCC)cn2)c1=O. The Hall–Kier alpha value is -2.44. The molecular weight excluding hydrogens is 260 g/mol. The van der Waals surface area contributed by atoms with Gasteiger partial charge in [0.05, 0.1) is 18.4 Å². The fourth-order valence-corrected chi connectivity index (χ4v) is 1.77. The fraction of sp³-hybridized carbons (Fsp3) is 0.385. The maximum atomic E-state index is 12.2. The summed E-state index contributed by atoms with van der Waals surface area (Å²) < 4.78 is 7.73. The lowest BCUT2D eigenvalue weighted by Gasteiger charge is -2.05. The van der Waals surface area contributed by atoms with Gasteiger partial charge in [0.1, 0.15) is 0 Å². The Morgan fingerprint density at radius 3 is 2.90 bits per heavy atom. The van der Waals surface area contributed by atoms with E-state index in [2.05, 4.69) is 10.1 Å². The molecule has 0 aliphatic heterocycles. The van der Waals surface area contributed by atoms with E-state index in [9.17, 15) is 9.59 Å². The van der Waals surface area contributed by atoms with Crippen molar-refractivity contribution in [2.45, 2.75) is 26.8 Å². The molecule has 0 aliphatic rings. The Morgan fingerprint density at radius 1 is 1.40 bits per heavy atom. The zero-order chi connectivity index (χ0) is 14.5. The van der Waals surface area contributed by atoms with Gasteiger partial charge < -0.3 is 9.30 Å². The van der Waals surface area contributed by atoms with Crippen LogP contribution in [0.1, 0.15) is 30.6 Å². The maximum absolute atomic E-state index is 12.2. The molecule has 2 aromatic rings. The smallest absolute Gasteiger partial charge is 0.341 e. The van der Waals surface area contributed by atoms with Crippen molar-refractivity contribution in [3.63, 3.8) is 0 Å². The van der Waals surface area contributed by atoms with E-state index in [-0.39, 0.29) is 18.0 Å². The highest BCUT2D eigenvalue weighted by molar-refractivity contribution is 5.88. The highest BCUT2D eigenvalue weighted by Crippen LogP contribution is 2.04. The van der Waals surface area contributed by atoms with Crippen LogP contribution in [0.4, 0.5) is 0 Å². The Morgan fingerprint density at radius 2 is 2.20 bits per heavy atom. The van der Waals surface area contributed by atoms with Gasteiger partial charge in [-0.15, -0.1) is 0 Å². The van der Waals surface area contributed by atoms with Crippen LogP contribution < -0.4 is 5.56 Å². The summed E-state index contributed by atoms with van der Waals surface area (Å²) in [5, 5.41) is 3.99. The van der Waals surface area contributed by atoms with E-state index in [0.29, 0.717) is 12.1 Å². The van der Waals surface area contributed by atoms with Crippen LogP contribution in [0.15, 0.2) is 29.6 Å². The highest BCUT2D eigenvalue weighted by Gasteiger charge is 2.13. The Labute approximate surface area is 115 Å². The standard InChI is InChI=1S/C13H16N4O3/c1-3-6-16-7-5-14-11(12(16)18)17-9-10(8-15-17)13(19)20-4-2/h5,7-9H,3-4,6H2,1-2H3. The van der Waals surface area contributed by atoms with Gasteiger partial charge in [-0.05, 0) is 13.3 Å². The molecule has 0 atom stereocenters. The summed E-state index contributed by atoms with van der Waals surface area (Å²) in [5.41, 5.74) is 0.0480. The molecule has 0 aromatic carbocycles. The Bertz CT molecular complexity index is 660. The Balaban J connectivity index is 2.35. The molecule has 0 spiro atoms. The molecule has 2 heterocycles. The van der Waals surface area contributed by atoms with Gasteiger partial charge in [0.25, 0.3) is 5.56 Å². The van der Waals surface area contributed by atoms with Crippen LogP contribution in [0.3, 0.4) is 0 Å². The van der Waals surface area contributed by atoms with Gasteiger partial charge in [-0.2, -0.15) is 5.10 Å². The first-order chi connectivity index (χ1) is 9.67. The zero-order valence-electron chi connectivity index (χ0n) is 11.4. The minimum absolute atomic E-state index is 0.163. The van der Waals surface area contributed by atoms with Crippen molar-refractivity contribution >= 4 is 5.97 Å². The van der Waals surface area contributed by atoms with Crippen molar-refractivity contribution in [3.05, 3.63) is 40.7 Å². The van der Waals surface area contributed by atoms with Gasteiger partial charge in [-0.3, -0.25) is 4.79 Å². The largest absolute Gasteiger partial charge is 0.462 e. The monoisotopic (exact) mass is 276 g/mol. The molecule has 0 saturated carbocycles. The number of carbonyl (C=O) groups excluding carboxylic acids is 1. The van der Waals surface area contributed by atoms with Crippen molar-refractivity contribution in [3.8, 4) is 5.82 Å². The molecule has 106 valence electrons. The van der Waals surface area contributed by atoms with Crippen molar-refractivity contribution < 1.29 is 9.53 Å². The predicted octanol–water partition coefficient (Wildman–Crippen LogP) is 1.02. The van der Waals surface area contributed by atoms with Gasteiger partial charge in [-0.25, -0.2) is 14.5 Å². The molecule has 2 aromatic heterocycles. The van der Waals surface area contributed by atoms with Crippen molar-refractivity contribution in [2.75, 3.05) is 6.61 Å². The zero-order valence-corrected chi connectivity index (χ0v) is 11.4. The maximum Gasteiger partial charge on any atom is 0.341 e. The summed E-state index contributed by atoms with van der Waals surface area (Å²) in [6.07, 6.45) is 6.81. The molecule has 0 saturated heterocycles. The molecular formula is C13H16N4O3. The van der Waals surface area contributed by atoms with Crippen LogP contribution in [-0.2, 0) is 11.3 Å². The molecule has 2 rings (SSSR count). The van der Waals surface area contributed by atoms with Crippen LogP contribution >= 0.6 is 0 Å². The van der Waals surface area contributed by atoms with E-state index >= 15 is 0 Å². The van der Waals surface area contributed by atoms with Gasteiger partial charge >= 0.3 is 5.97 Å². The van der Waals surface area contributed by atoms with E-state index in [4.69, 9.17) is 4.74 Å². The number of nitrogens with zero attached hydrogens (tertiary/aromatic N) is 4. The topological polar surface area (TPSA) is 79.0 Å². The quantitative estimate of drug-likeness (QED) is 0.762. The lowest BCUT2D eigenvalue weighted by molar-refractivity contribution is 0.0526. The number of rotatable bonds is 5. The van der Waals surface area contributed by atoms with Gasteiger partial charge in [0.2, 0.25) is 5.82 Å². The summed E-state index contributed by atoms with van der Waals surface area (Å²) in [6.45, 7) is 4.61. The van der Waals surface area contributed by atoms with Crippen LogP contribution in [0.2, 0.25) is 0 Å². The fourth-order valence-electron chi connectivity index (χ4n) is 1.77. The van der Waals surface area contributed by atoms with E-state index in [0.717, 1.165) is 6.42 Å². The Kier molecular flexibility index (Phi) is 4.29. The molecule has 20 heavy (non-hydrogen) atoms. The molecule has 0 fully saturated rings. The van der Waals surface area contributed by atoms with Crippen LogP contribution in [0, 0.1) is 0 Å². The summed E-state index contributed by atoms with van der Waals surface area (Å²) in [5.74, 6) is -0.305. The summed E-state index contributed by atoms with van der Waals surface area (Å²) >= 11 is 0. The molecule has 0 radical (unpaired) electrons. The molecule has 0 unspecified atom stereocenters. The highest BCUT2D eigenvalue weighted by atomic mass is 16.5. The van der Waals surface area contributed by atoms with Crippen LogP contribution in [-0.4, -0.2) is 31.9 Å². The van der Waals surface area contributed by atoms with Crippen molar-refractivity contribution in [1.82, 2.24) is 19.3 Å². The first kappa shape index (κ1) is 14.0. The van der Waals surface area contributed by atoms with Crippen molar-refractivity contribution in [1.29, 1.82) is 0 Å². The average molecular weight is 276 g/mol. The lowest BCUT2D eigenvalue weighted by Crippen LogP contribution is -2.25. The molecule has 7 heteroatoms. The number of esters is 1. The van der Waals surface area contributed by atoms with Crippen LogP contribution in [0.5, 0.6) is 0 Å². The number of hydrogen-bond donors (Lipinski definition) is 0. The summed E-state index contributed by atoms with van der Waals surface area (Å²) in [4.78, 5) is 27.8. The number of ether oxygens (including phenoxy) is 1.